The molecule has 35 heavy (non-hydrogen) atoms. The second kappa shape index (κ2) is 9.06. The van der Waals surface area contributed by atoms with E-state index in [0.717, 1.165) is 17.7 Å². The Morgan fingerprint density at radius 2 is 1.57 bits per heavy atom. The standard InChI is InChI=1S/C23H29BF3N3O4S/c1-21(2)22(3,4)34-24(33-21)17-6-8-19(9-7-17)35(31,32)30-13-11-18(12-14-30)29-20-10-5-16(15-28-20)23(25,26)27/h5-10,15,18H,11-14H2,1-4H3,(H,28,29). The van der Waals surface area contributed by atoms with Crippen LogP contribution in [-0.2, 0) is 25.5 Å². The van der Waals surface area contributed by atoms with Gasteiger partial charge in [0.05, 0.1) is 21.7 Å². The van der Waals surface area contributed by atoms with E-state index in [9.17, 15) is 21.6 Å². The van der Waals surface area contributed by atoms with E-state index in [0.29, 0.717) is 31.7 Å². The Hall–Kier alpha value is -2.15. The molecule has 0 aliphatic carbocycles. The van der Waals surface area contributed by atoms with Crippen LogP contribution in [0.4, 0.5) is 19.0 Å². The first kappa shape index (κ1) is 25.9. The topological polar surface area (TPSA) is 80.8 Å². The molecule has 0 amide bonds. The van der Waals surface area contributed by atoms with Crippen molar-refractivity contribution in [1.29, 1.82) is 0 Å². The third-order valence-corrected chi connectivity index (χ3v) is 8.85. The second-order valence-electron chi connectivity index (χ2n) is 9.91. The number of pyridine rings is 1. The number of anilines is 1. The first-order valence-electron chi connectivity index (χ1n) is 11.4. The van der Waals surface area contributed by atoms with E-state index in [4.69, 9.17) is 9.31 Å². The molecule has 190 valence electrons. The van der Waals surface area contributed by atoms with Crippen molar-refractivity contribution in [1.82, 2.24) is 9.29 Å². The summed E-state index contributed by atoms with van der Waals surface area (Å²) in [6.07, 6.45) is -2.63. The molecule has 0 bridgehead atoms. The minimum atomic E-state index is -4.44. The van der Waals surface area contributed by atoms with Crippen molar-refractivity contribution in [3.8, 4) is 0 Å². The molecule has 0 spiro atoms. The Kier molecular flexibility index (Phi) is 6.71. The van der Waals surface area contributed by atoms with E-state index in [1.54, 1.807) is 24.3 Å². The molecule has 4 rings (SSSR count). The van der Waals surface area contributed by atoms with Crippen LogP contribution in [0.2, 0.25) is 0 Å². The SMILES string of the molecule is CC1(C)OB(c2ccc(S(=O)(=O)N3CCC(Nc4ccc(C(F)(F)F)cn4)CC3)cc2)OC1(C)C. The first-order chi connectivity index (χ1) is 16.2. The number of nitrogens with one attached hydrogen (secondary N) is 1. The highest BCUT2D eigenvalue weighted by molar-refractivity contribution is 7.89. The molecule has 0 saturated carbocycles. The number of alkyl halides is 3. The molecular formula is C23H29BF3N3O4S. The normalized spacial score (nSPS) is 21.3. The van der Waals surface area contributed by atoms with Crippen LogP contribution in [-0.4, -0.2) is 55.2 Å². The molecule has 3 heterocycles. The molecule has 1 aromatic carbocycles. The van der Waals surface area contributed by atoms with Crippen LogP contribution in [0.5, 0.6) is 0 Å². The highest BCUT2D eigenvalue weighted by Gasteiger charge is 2.51. The number of hydrogen-bond acceptors (Lipinski definition) is 6. The van der Waals surface area contributed by atoms with Gasteiger partial charge in [-0.2, -0.15) is 17.5 Å². The summed E-state index contributed by atoms with van der Waals surface area (Å²) in [6.45, 7) is 8.41. The minimum Gasteiger partial charge on any atom is -0.399 e. The third-order valence-electron chi connectivity index (χ3n) is 6.94. The summed E-state index contributed by atoms with van der Waals surface area (Å²) in [5, 5.41) is 3.10. The number of benzene rings is 1. The van der Waals surface area contributed by atoms with Gasteiger partial charge in [-0.1, -0.05) is 12.1 Å². The van der Waals surface area contributed by atoms with Crippen molar-refractivity contribution >= 4 is 28.4 Å². The van der Waals surface area contributed by atoms with E-state index in [1.165, 1.54) is 10.4 Å². The maximum absolute atomic E-state index is 13.1. The summed E-state index contributed by atoms with van der Waals surface area (Å²) >= 11 is 0. The molecule has 12 heteroatoms. The van der Waals surface area contributed by atoms with Crippen LogP contribution < -0.4 is 10.8 Å². The molecule has 0 unspecified atom stereocenters. The molecule has 1 N–H and O–H groups in total. The smallest absolute Gasteiger partial charge is 0.399 e. The Bertz CT molecular complexity index is 1130. The Labute approximate surface area is 204 Å². The van der Waals surface area contributed by atoms with Gasteiger partial charge in [0.25, 0.3) is 0 Å². The number of nitrogens with zero attached hydrogens (tertiary/aromatic N) is 2. The highest BCUT2D eigenvalue weighted by Crippen LogP contribution is 2.36. The summed E-state index contributed by atoms with van der Waals surface area (Å²) in [7, 11) is -4.25. The van der Waals surface area contributed by atoms with Gasteiger partial charge in [-0.25, -0.2) is 13.4 Å². The van der Waals surface area contributed by atoms with Crippen LogP contribution in [0.3, 0.4) is 0 Å². The van der Waals surface area contributed by atoms with Crippen molar-refractivity contribution < 1.29 is 30.9 Å². The second-order valence-corrected chi connectivity index (χ2v) is 11.8. The van der Waals surface area contributed by atoms with E-state index in [2.05, 4.69) is 10.3 Å². The molecule has 2 aromatic rings. The van der Waals surface area contributed by atoms with Gasteiger partial charge in [0.15, 0.2) is 0 Å². The average molecular weight is 511 g/mol. The zero-order valence-corrected chi connectivity index (χ0v) is 20.9. The summed E-state index contributed by atoms with van der Waals surface area (Å²) in [5.41, 5.74) is -1.05. The third kappa shape index (κ3) is 5.35. The minimum absolute atomic E-state index is 0.0866. The molecular weight excluding hydrogens is 482 g/mol. The highest BCUT2D eigenvalue weighted by atomic mass is 32.2. The summed E-state index contributed by atoms with van der Waals surface area (Å²) in [5.74, 6) is 0.331. The largest absolute Gasteiger partial charge is 0.494 e. The lowest BCUT2D eigenvalue weighted by Gasteiger charge is -2.32. The molecule has 1 aromatic heterocycles. The van der Waals surface area contributed by atoms with Crippen LogP contribution in [0.1, 0.15) is 46.1 Å². The first-order valence-corrected chi connectivity index (χ1v) is 12.9. The number of sulfonamides is 1. The fourth-order valence-electron chi connectivity index (χ4n) is 4.02. The predicted octanol–water partition coefficient (Wildman–Crippen LogP) is 3.66. The monoisotopic (exact) mass is 511 g/mol. The van der Waals surface area contributed by atoms with Crippen molar-refractivity contribution in [2.75, 3.05) is 18.4 Å². The lowest BCUT2D eigenvalue weighted by Crippen LogP contribution is -2.42. The van der Waals surface area contributed by atoms with Gasteiger partial charge < -0.3 is 14.6 Å². The van der Waals surface area contributed by atoms with Gasteiger partial charge in [-0.05, 0) is 70.3 Å². The van der Waals surface area contributed by atoms with Crippen molar-refractivity contribution in [3.63, 3.8) is 0 Å². The van der Waals surface area contributed by atoms with Gasteiger partial charge in [-0.3, -0.25) is 0 Å². The fraction of sp³-hybridized carbons (Fsp3) is 0.522. The van der Waals surface area contributed by atoms with Crippen LogP contribution >= 0.6 is 0 Å². The van der Waals surface area contributed by atoms with Crippen LogP contribution in [0, 0.1) is 0 Å². The molecule has 2 aliphatic heterocycles. The number of hydrogen-bond donors (Lipinski definition) is 1. The zero-order valence-electron chi connectivity index (χ0n) is 20.1. The maximum atomic E-state index is 13.1. The summed E-state index contributed by atoms with van der Waals surface area (Å²) in [4.78, 5) is 4.02. The van der Waals surface area contributed by atoms with Crippen molar-refractivity contribution in [2.24, 2.45) is 0 Å². The van der Waals surface area contributed by atoms with Gasteiger partial charge >= 0.3 is 13.3 Å². The summed E-state index contributed by atoms with van der Waals surface area (Å²) < 4.78 is 77.9. The number of halogens is 3. The van der Waals surface area contributed by atoms with E-state index in [1.807, 2.05) is 27.7 Å². The number of aromatic nitrogens is 1. The summed E-state index contributed by atoms with van der Waals surface area (Å²) in [6, 6.07) is 8.71. The molecule has 2 aliphatic rings. The number of rotatable bonds is 5. The zero-order chi connectivity index (χ0) is 25.6. The Morgan fingerprint density at radius 3 is 2.06 bits per heavy atom. The van der Waals surface area contributed by atoms with Gasteiger partial charge in [0.2, 0.25) is 10.0 Å². The fourth-order valence-corrected chi connectivity index (χ4v) is 5.49. The van der Waals surface area contributed by atoms with Crippen LogP contribution in [0.25, 0.3) is 0 Å². The van der Waals surface area contributed by atoms with E-state index >= 15 is 0 Å². The van der Waals surface area contributed by atoms with Crippen molar-refractivity contribution in [2.45, 2.75) is 68.9 Å². The molecule has 7 nitrogen and oxygen atoms in total. The van der Waals surface area contributed by atoms with Crippen LogP contribution in [0.15, 0.2) is 47.5 Å². The van der Waals surface area contributed by atoms with Gasteiger partial charge in [-0.15, -0.1) is 0 Å². The lowest BCUT2D eigenvalue weighted by molar-refractivity contribution is -0.137. The molecule has 2 fully saturated rings. The van der Waals surface area contributed by atoms with Gasteiger partial charge in [0, 0.05) is 25.3 Å². The van der Waals surface area contributed by atoms with Gasteiger partial charge in [0.1, 0.15) is 5.82 Å². The maximum Gasteiger partial charge on any atom is 0.494 e. The van der Waals surface area contributed by atoms with E-state index < -0.39 is 40.1 Å². The Balaban J connectivity index is 1.36. The molecule has 0 atom stereocenters. The number of piperidine rings is 1. The molecule has 0 radical (unpaired) electrons. The average Bonchev–Trinajstić information content (AvgIpc) is 3.01. The Morgan fingerprint density at radius 1 is 1.00 bits per heavy atom. The predicted molar refractivity (Wildman–Crippen MR) is 127 cm³/mol. The van der Waals surface area contributed by atoms with E-state index in [-0.39, 0.29) is 10.9 Å². The van der Waals surface area contributed by atoms with Crippen molar-refractivity contribution in [3.05, 3.63) is 48.2 Å². The lowest BCUT2D eigenvalue weighted by atomic mass is 9.79. The quantitative estimate of drug-likeness (QED) is 0.618. The molecule has 2 saturated heterocycles.